The first-order chi connectivity index (χ1) is 12.2. The van der Waals surface area contributed by atoms with Gasteiger partial charge in [0.15, 0.2) is 5.76 Å². The molecule has 7 heteroatoms. The normalized spacial score (nSPS) is 19.5. The fourth-order valence-corrected chi connectivity index (χ4v) is 3.58. The molecule has 0 aromatic carbocycles. The van der Waals surface area contributed by atoms with Crippen molar-refractivity contribution in [2.24, 2.45) is 7.05 Å². The van der Waals surface area contributed by atoms with Crippen LogP contribution in [0.3, 0.4) is 0 Å². The minimum atomic E-state index is -0.476. The summed E-state index contributed by atoms with van der Waals surface area (Å²) < 4.78 is 7.67. The molecule has 2 N–H and O–H groups in total. The zero-order valence-corrected chi connectivity index (χ0v) is 14.3. The van der Waals surface area contributed by atoms with Gasteiger partial charge >= 0.3 is 0 Å². The van der Waals surface area contributed by atoms with Crippen molar-refractivity contribution in [2.45, 2.75) is 38.0 Å². The molecule has 0 spiro atoms. The van der Waals surface area contributed by atoms with Gasteiger partial charge in [0.1, 0.15) is 11.5 Å². The molecule has 0 radical (unpaired) electrons. The minimum Gasteiger partial charge on any atom is -0.458 e. The fourth-order valence-electron chi connectivity index (χ4n) is 3.58. The summed E-state index contributed by atoms with van der Waals surface area (Å²) in [6.07, 6.45) is 7.84. The van der Waals surface area contributed by atoms with Crippen molar-refractivity contribution in [3.05, 3.63) is 48.1 Å². The average molecular weight is 341 g/mol. The van der Waals surface area contributed by atoms with Crippen LogP contribution in [0.2, 0.25) is 0 Å². The van der Waals surface area contributed by atoms with Crippen molar-refractivity contribution >= 4 is 0 Å². The van der Waals surface area contributed by atoms with Crippen LogP contribution in [0.25, 0.3) is 11.5 Å². The molecule has 1 fully saturated rings. The molecule has 4 heterocycles. The molecule has 0 amide bonds. The lowest BCUT2D eigenvalue weighted by molar-refractivity contribution is 0.114. The van der Waals surface area contributed by atoms with Gasteiger partial charge in [0, 0.05) is 31.0 Å². The summed E-state index contributed by atoms with van der Waals surface area (Å²) in [7, 11) is 1.87. The van der Waals surface area contributed by atoms with Gasteiger partial charge in [-0.05, 0) is 44.0 Å². The van der Waals surface area contributed by atoms with Crippen LogP contribution in [0.5, 0.6) is 0 Å². The summed E-state index contributed by atoms with van der Waals surface area (Å²) in [4.78, 5) is 2.40. The number of H-pyrrole nitrogens is 1. The van der Waals surface area contributed by atoms with E-state index in [1.54, 1.807) is 17.1 Å². The Hall–Kier alpha value is -2.38. The standard InChI is InChI=1S/C18H23N5O2/c1-22-11-13(10-20-22)17(24)9-14-3-2-8-23(14)12-15-4-5-18(25-15)16-6-7-19-21-16/h4-7,10-11,14,17,24H,2-3,8-9,12H2,1H3,(H,19,21). The number of aromatic amines is 1. The van der Waals surface area contributed by atoms with E-state index in [1.807, 2.05) is 31.4 Å². The Morgan fingerprint density at radius 1 is 1.40 bits per heavy atom. The Bertz CT molecular complexity index is 807. The van der Waals surface area contributed by atoms with Crippen LogP contribution in [-0.2, 0) is 13.6 Å². The Kier molecular flexibility index (Phi) is 4.42. The third-order valence-electron chi connectivity index (χ3n) is 4.89. The summed E-state index contributed by atoms with van der Waals surface area (Å²) in [6.45, 7) is 1.79. The van der Waals surface area contributed by atoms with Crippen LogP contribution >= 0.6 is 0 Å². The van der Waals surface area contributed by atoms with E-state index >= 15 is 0 Å². The smallest absolute Gasteiger partial charge is 0.152 e. The molecule has 1 aliphatic heterocycles. The number of aliphatic hydroxyl groups excluding tert-OH is 1. The van der Waals surface area contributed by atoms with Crippen molar-refractivity contribution < 1.29 is 9.52 Å². The van der Waals surface area contributed by atoms with E-state index in [0.29, 0.717) is 6.04 Å². The molecule has 25 heavy (non-hydrogen) atoms. The summed E-state index contributed by atoms with van der Waals surface area (Å²) in [6, 6.07) is 6.24. The van der Waals surface area contributed by atoms with Crippen LogP contribution < -0.4 is 0 Å². The van der Waals surface area contributed by atoms with Crippen LogP contribution in [0.4, 0.5) is 0 Å². The van der Waals surface area contributed by atoms with Crippen molar-refractivity contribution in [1.82, 2.24) is 24.9 Å². The van der Waals surface area contributed by atoms with E-state index in [1.165, 1.54) is 0 Å². The van der Waals surface area contributed by atoms with Gasteiger partial charge in [-0.2, -0.15) is 10.2 Å². The molecule has 1 saturated heterocycles. The summed E-state index contributed by atoms with van der Waals surface area (Å²) in [5.74, 6) is 1.74. The highest BCUT2D eigenvalue weighted by Crippen LogP contribution is 2.29. The lowest BCUT2D eigenvalue weighted by Gasteiger charge is -2.25. The van der Waals surface area contributed by atoms with Gasteiger partial charge in [-0.3, -0.25) is 14.7 Å². The molecule has 0 aliphatic carbocycles. The third-order valence-corrected chi connectivity index (χ3v) is 4.89. The number of furan rings is 1. The van der Waals surface area contributed by atoms with Crippen molar-refractivity contribution in [2.75, 3.05) is 6.54 Å². The Balaban J connectivity index is 1.40. The average Bonchev–Trinajstić information content (AvgIpc) is 3.35. The van der Waals surface area contributed by atoms with Gasteiger partial charge < -0.3 is 9.52 Å². The lowest BCUT2D eigenvalue weighted by Crippen LogP contribution is -2.30. The number of hydrogen-bond acceptors (Lipinski definition) is 5. The molecule has 132 valence electrons. The SMILES string of the molecule is Cn1cc(C(O)CC2CCCN2Cc2ccc(-c3ccn[nH]3)o2)cn1. The predicted molar refractivity (Wildman–Crippen MR) is 92.5 cm³/mol. The molecule has 7 nitrogen and oxygen atoms in total. The number of rotatable bonds is 6. The molecule has 0 saturated carbocycles. The second-order valence-electron chi connectivity index (χ2n) is 6.70. The fraction of sp³-hybridized carbons (Fsp3) is 0.444. The Labute approximate surface area is 146 Å². The van der Waals surface area contributed by atoms with Gasteiger partial charge in [0.25, 0.3) is 0 Å². The zero-order valence-electron chi connectivity index (χ0n) is 14.3. The third kappa shape index (κ3) is 3.52. The monoisotopic (exact) mass is 341 g/mol. The predicted octanol–water partition coefficient (Wildman–Crippen LogP) is 2.49. The van der Waals surface area contributed by atoms with E-state index < -0.39 is 6.10 Å². The molecule has 2 atom stereocenters. The number of aromatic nitrogens is 4. The maximum Gasteiger partial charge on any atom is 0.152 e. The molecule has 4 rings (SSSR count). The Morgan fingerprint density at radius 2 is 2.32 bits per heavy atom. The number of aryl methyl sites for hydroxylation is 1. The summed E-state index contributed by atoms with van der Waals surface area (Å²) in [5, 5.41) is 21.5. The number of nitrogens with zero attached hydrogens (tertiary/aromatic N) is 4. The molecule has 0 bridgehead atoms. The number of hydrogen-bond donors (Lipinski definition) is 2. The van der Waals surface area contributed by atoms with E-state index in [-0.39, 0.29) is 0 Å². The van der Waals surface area contributed by atoms with Gasteiger partial charge in [-0.15, -0.1) is 0 Å². The van der Waals surface area contributed by atoms with Gasteiger partial charge in [-0.25, -0.2) is 0 Å². The first kappa shape index (κ1) is 16.1. The lowest BCUT2D eigenvalue weighted by atomic mass is 10.0. The van der Waals surface area contributed by atoms with Crippen molar-refractivity contribution in [1.29, 1.82) is 0 Å². The number of nitrogens with one attached hydrogen (secondary N) is 1. The minimum absolute atomic E-state index is 0.357. The van der Waals surface area contributed by atoms with E-state index in [4.69, 9.17) is 4.42 Å². The number of likely N-dealkylation sites (tertiary alicyclic amines) is 1. The topological polar surface area (TPSA) is 83.1 Å². The maximum atomic E-state index is 10.5. The molecule has 1 aliphatic rings. The van der Waals surface area contributed by atoms with Crippen molar-refractivity contribution in [3.8, 4) is 11.5 Å². The Morgan fingerprint density at radius 3 is 3.08 bits per heavy atom. The summed E-state index contributed by atoms with van der Waals surface area (Å²) in [5.41, 5.74) is 1.77. The second-order valence-corrected chi connectivity index (χ2v) is 6.70. The van der Waals surface area contributed by atoms with Crippen LogP contribution in [-0.4, -0.2) is 42.6 Å². The van der Waals surface area contributed by atoms with E-state index in [2.05, 4.69) is 20.2 Å². The van der Waals surface area contributed by atoms with Crippen LogP contribution in [0.1, 0.15) is 36.7 Å². The highest BCUT2D eigenvalue weighted by atomic mass is 16.3. The largest absolute Gasteiger partial charge is 0.458 e. The van der Waals surface area contributed by atoms with Crippen LogP contribution in [0.15, 0.2) is 41.2 Å². The quantitative estimate of drug-likeness (QED) is 0.720. The highest BCUT2D eigenvalue weighted by molar-refractivity contribution is 5.51. The molecular formula is C18H23N5O2. The zero-order chi connectivity index (χ0) is 17.2. The maximum absolute atomic E-state index is 10.5. The van der Waals surface area contributed by atoms with E-state index in [9.17, 15) is 5.11 Å². The van der Waals surface area contributed by atoms with Crippen LogP contribution in [0, 0.1) is 0 Å². The summed E-state index contributed by atoms with van der Waals surface area (Å²) >= 11 is 0. The number of aliphatic hydroxyl groups is 1. The highest BCUT2D eigenvalue weighted by Gasteiger charge is 2.28. The molecular weight excluding hydrogens is 318 g/mol. The second kappa shape index (κ2) is 6.85. The molecule has 3 aromatic heterocycles. The van der Waals surface area contributed by atoms with Crippen molar-refractivity contribution in [3.63, 3.8) is 0 Å². The van der Waals surface area contributed by atoms with E-state index in [0.717, 1.165) is 55.1 Å². The van der Waals surface area contributed by atoms with Gasteiger partial charge in [0.2, 0.25) is 0 Å². The van der Waals surface area contributed by atoms with Gasteiger partial charge in [0.05, 0.1) is 18.8 Å². The first-order valence-corrected chi connectivity index (χ1v) is 8.68. The molecule has 3 aromatic rings. The molecule has 2 unspecified atom stereocenters. The van der Waals surface area contributed by atoms with Gasteiger partial charge in [-0.1, -0.05) is 0 Å². The first-order valence-electron chi connectivity index (χ1n) is 8.68.